The predicted molar refractivity (Wildman–Crippen MR) is 74.6 cm³/mol. The van der Waals surface area contributed by atoms with Crippen molar-refractivity contribution in [1.82, 2.24) is 4.98 Å². The maximum Gasteiger partial charge on any atom is 0.186 e. The van der Waals surface area contributed by atoms with Crippen LogP contribution in [0.5, 0.6) is 0 Å². The summed E-state index contributed by atoms with van der Waals surface area (Å²) < 4.78 is 0. The summed E-state index contributed by atoms with van der Waals surface area (Å²) in [6, 6.07) is 10.6. The number of hydrogen-bond donors (Lipinski definition) is 1. The molecule has 0 aliphatic rings. The Morgan fingerprint density at radius 3 is 2.71 bits per heavy atom. The lowest BCUT2D eigenvalue weighted by atomic mass is 10.1. The number of rotatable bonds is 5. The number of nitrogens with zero attached hydrogens (tertiary/aromatic N) is 2. The molecule has 3 nitrogen and oxygen atoms in total. The molecular weight excluding hydrogens is 230 g/mol. The Bertz CT molecular complexity index is 453. The van der Waals surface area contributed by atoms with E-state index in [1.54, 1.807) is 6.20 Å². The van der Waals surface area contributed by atoms with Gasteiger partial charge < -0.3 is 10.6 Å². The number of aryl methyl sites for hydroxylation is 1. The molecule has 0 unspecified atom stereocenters. The van der Waals surface area contributed by atoms with Crippen LogP contribution in [0.25, 0.3) is 0 Å². The number of aromatic nitrogens is 1. The van der Waals surface area contributed by atoms with Crippen molar-refractivity contribution in [2.24, 2.45) is 0 Å². The van der Waals surface area contributed by atoms with Gasteiger partial charge in [-0.05, 0) is 18.4 Å². The second kappa shape index (κ2) is 5.68. The molecule has 0 atom stereocenters. The standard InChI is InChI=1S/C13H17N3S/c1-16(13-15-10-12(14)17-13)9-5-8-11-6-3-2-4-7-11/h2-4,6-7,10H,5,8-9,14H2,1H3. The highest BCUT2D eigenvalue weighted by molar-refractivity contribution is 7.19. The fourth-order valence-electron chi connectivity index (χ4n) is 1.71. The molecule has 17 heavy (non-hydrogen) atoms. The number of thiazole rings is 1. The van der Waals surface area contributed by atoms with Gasteiger partial charge in [-0.3, -0.25) is 0 Å². The monoisotopic (exact) mass is 247 g/mol. The third kappa shape index (κ3) is 3.46. The van der Waals surface area contributed by atoms with E-state index >= 15 is 0 Å². The van der Waals surface area contributed by atoms with E-state index in [-0.39, 0.29) is 0 Å². The first-order valence-electron chi connectivity index (χ1n) is 5.72. The molecule has 2 rings (SSSR count). The minimum atomic E-state index is 0.773. The van der Waals surface area contributed by atoms with Crippen LogP contribution in [0, 0.1) is 0 Å². The van der Waals surface area contributed by atoms with Gasteiger partial charge in [0.05, 0.1) is 6.20 Å². The SMILES string of the molecule is CN(CCCc1ccccc1)c1ncc(N)s1. The molecule has 2 aromatic rings. The first-order valence-corrected chi connectivity index (χ1v) is 6.54. The Hall–Kier alpha value is -1.55. The highest BCUT2D eigenvalue weighted by atomic mass is 32.1. The quantitative estimate of drug-likeness (QED) is 0.883. The summed E-state index contributed by atoms with van der Waals surface area (Å²) >= 11 is 1.53. The summed E-state index contributed by atoms with van der Waals surface area (Å²) in [5.74, 6) is 0. The minimum absolute atomic E-state index is 0.773. The maximum atomic E-state index is 5.67. The average Bonchev–Trinajstić information content (AvgIpc) is 2.77. The van der Waals surface area contributed by atoms with Crippen LogP contribution in [0.1, 0.15) is 12.0 Å². The number of anilines is 2. The van der Waals surface area contributed by atoms with Gasteiger partial charge in [0, 0.05) is 13.6 Å². The first kappa shape index (κ1) is 11.9. The van der Waals surface area contributed by atoms with E-state index in [4.69, 9.17) is 5.73 Å². The van der Waals surface area contributed by atoms with Gasteiger partial charge in [0.15, 0.2) is 5.13 Å². The number of benzene rings is 1. The van der Waals surface area contributed by atoms with Gasteiger partial charge >= 0.3 is 0 Å². The zero-order chi connectivity index (χ0) is 12.1. The van der Waals surface area contributed by atoms with Crippen LogP contribution in [-0.2, 0) is 6.42 Å². The van der Waals surface area contributed by atoms with Gasteiger partial charge in [-0.15, -0.1) is 0 Å². The Labute approximate surface area is 106 Å². The van der Waals surface area contributed by atoms with Crippen molar-refractivity contribution >= 4 is 21.5 Å². The van der Waals surface area contributed by atoms with Crippen LogP contribution >= 0.6 is 11.3 Å². The van der Waals surface area contributed by atoms with Crippen LogP contribution in [-0.4, -0.2) is 18.6 Å². The van der Waals surface area contributed by atoms with Crippen molar-refractivity contribution in [2.45, 2.75) is 12.8 Å². The van der Waals surface area contributed by atoms with Crippen LogP contribution in [0.2, 0.25) is 0 Å². The molecule has 1 aromatic carbocycles. The average molecular weight is 247 g/mol. The smallest absolute Gasteiger partial charge is 0.186 e. The molecule has 0 radical (unpaired) electrons. The molecule has 1 heterocycles. The predicted octanol–water partition coefficient (Wildman–Crippen LogP) is 2.79. The lowest BCUT2D eigenvalue weighted by Gasteiger charge is -2.15. The molecule has 0 amide bonds. The molecule has 0 saturated carbocycles. The van der Waals surface area contributed by atoms with Crippen LogP contribution in [0.4, 0.5) is 10.1 Å². The summed E-state index contributed by atoms with van der Waals surface area (Å²) in [5, 5.41) is 1.77. The van der Waals surface area contributed by atoms with Crippen molar-refractivity contribution < 1.29 is 0 Å². The lowest BCUT2D eigenvalue weighted by molar-refractivity contribution is 0.783. The van der Waals surface area contributed by atoms with Gasteiger partial charge in [-0.1, -0.05) is 41.7 Å². The summed E-state index contributed by atoms with van der Waals surface area (Å²) in [4.78, 5) is 6.42. The molecule has 0 spiro atoms. The molecule has 0 fully saturated rings. The Morgan fingerprint density at radius 1 is 1.29 bits per heavy atom. The molecule has 90 valence electrons. The van der Waals surface area contributed by atoms with Crippen LogP contribution in [0.3, 0.4) is 0 Å². The fraction of sp³-hybridized carbons (Fsp3) is 0.308. The van der Waals surface area contributed by atoms with Gasteiger partial charge in [0.2, 0.25) is 0 Å². The summed E-state index contributed by atoms with van der Waals surface area (Å²) in [7, 11) is 2.06. The third-order valence-electron chi connectivity index (χ3n) is 2.64. The van der Waals surface area contributed by atoms with E-state index in [9.17, 15) is 0 Å². The zero-order valence-corrected chi connectivity index (χ0v) is 10.8. The minimum Gasteiger partial charge on any atom is -0.389 e. The summed E-state index contributed by atoms with van der Waals surface area (Å²) in [6.45, 7) is 1.00. The number of hydrogen-bond acceptors (Lipinski definition) is 4. The van der Waals surface area contributed by atoms with E-state index in [0.29, 0.717) is 0 Å². The zero-order valence-electron chi connectivity index (χ0n) is 9.97. The van der Waals surface area contributed by atoms with E-state index in [0.717, 1.165) is 29.5 Å². The first-order chi connectivity index (χ1) is 8.25. The topological polar surface area (TPSA) is 42.2 Å². The van der Waals surface area contributed by atoms with Crippen LogP contribution < -0.4 is 10.6 Å². The molecular formula is C13H17N3S. The number of nitrogen functional groups attached to an aromatic ring is 1. The Morgan fingerprint density at radius 2 is 2.06 bits per heavy atom. The van der Waals surface area contributed by atoms with Crippen LogP contribution in [0.15, 0.2) is 36.5 Å². The fourth-order valence-corrected chi connectivity index (χ4v) is 2.38. The van der Waals surface area contributed by atoms with Crippen molar-refractivity contribution in [3.63, 3.8) is 0 Å². The van der Waals surface area contributed by atoms with Crippen molar-refractivity contribution in [2.75, 3.05) is 24.2 Å². The molecule has 4 heteroatoms. The molecule has 1 aromatic heterocycles. The van der Waals surface area contributed by atoms with Gasteiger partial charge in [-0.2, -0.15) is 0 Å². The second-order valence-corrected chi connectivity index (χ2v) is 5.10. The van der Waals surface area contributed by atoms with E-state index in [2.05, 4.69) is 41.2 Å². The van der Waals surface area contributed by atoms with Gasteiger partial charge in [0.25, 0.3) is 0 Å². The van der Waals surface area contributed by atoms with E-state index in [1.165, 1.54) is 16.9 Å². The third-order valence-corrected chi connectivity index (χ3v) is 3.58. The Balaban J connectivity index is 1.79. The highest BCUT2D eigenvalue weighted by Crippen LogP contribution is 2.23. The maximum absolute atomic E-state index is 5.67. The van der Waals surface area contributed by atoms with Crippen molar-refractivity contribution in [3.05, 3.63) is 42.1 Å². The van der Waals surface area contributed by atoms with Gasteiger partial charge in [-0.25, -0.2) is 4.98 Å². The Kier molecular flexibility index (Phi) is 3.98. The van der Waals surface area contributed by atoms with Gasteiger partial charge in [0.1, 0.15) is 5.00 Å². The molecule has 0 bridgehead atoms. The summed E-state index contributed by atoms with van der Waals surface area (Å²) in [6.07, 6.45) is 3.94. The molecule has 0 aliphatic heterocycles. The molecule has 2 N–H and O–H groups in total. The molecule has 0 saturated heterocycles. The van der Waals surface area contributed by atoms with Crippen molar-refractivity contribution in [3.8, 4) is 0 Å². The van der Waals surface area contributed by atoms with E-state index in [1.807, 2.05) is 6.07 Å². The lowest BCUT2D eigenvalue weighted by Crippen LogP contribution is -2.18. The second-order valence-electron chi connectivity index (χ2n) is 4.06. The molecule has 0 aliphatic carbocycles. The summed E-state index contributed by atoms with van der Waals surface area (Å²) in [5.41, 5.74) is 7.05. The van der Waals surface area contributed by atoms with Crippen molar-refractivity contribution in [1.29, 1.82) is 0 Å². The number of nitrogens with two attached hydrogens (primary N) is 1. The highest BCUT2D eigenvalue weighted by Gasteiger charge is 2.04. The normalized spacial score (nSPS) is 10.4. The van der Waals surface area contributed by atoms with E-state index < -0.39 is 0 Å². The largest absolute Gasteiger partial charge is 0.389 e.